The Balaban J connectivity index is 1.76. The first-order chi connectivity index (χ1) is 20.1. The smallest absolute Gasteiger partial charge is 0.192 e. The molecule has 2 aliphatic rings. The number of ketones is 1. The van der Waals surface area contributed by atoms with Crippen molar-refractivity contribution < 1.29 is 23.1 Å². The molecule has 0 bridgehead atoms. The molecular weight excluding hydrogens is 581 g/mol. The Hall–Kier alpha value is -1.26. The van der Waals surface area contributed by atoms with E-state index < -0.39 is 16.6 Å². The van der Waals surface area contributed by atoms with Crippen LogP contribution >= 0.6 is 0 Å². The Morgan fingerprint density at radius 1 is 0.955 bits per heavy atom. The number of rotatable bonds is 13. The Morgan fingerprint density at radius 2 is 1.55 bits per heavy atom. The van der Waals surface area contributed by atoms with E-state index in [9.17, 15) is 4.79 Å². The predicted octanol–water partition coefficient (Wildman–Crippen LogP) is 9.97. The van der Waals surface area contributed by atoms with Crippen LogP contribution in [0.3, 0.4) is 0 Å². The molecule has 0 unspecified atom stereocenters. The van der Waals surface area contributed by atoms with Crippen molar-refractivity contribution in [1.82, 2.24) is 0 Å². The number of carbonyl (C=O) groups is 1. The van der Waals surface area contributed by atoms with Gasteiger partial charge in [0.05, 0.1) is 32.0 Å². The lowest BCUT2D eigenvalue weighted by atomic mass is 9.80. The number of fused-ring (bicyclic) bond motifs is 1. The van der Waals surface area contributed by atoms with Crippen molar-refractivity contribution in [2.75, 3.05) is 13.7 Å². The molecule has 0 radical (unpaired) electrons. The second-order valence-electron chi connectivity index (χ2n) is 17.3. The van der Waals surface area contributed by atoms with Crippen LogP contribution in [0.5, 0.6) is 5.75 Å². The van der Waals surface area contributed by atoms with Gasteiger partial charge in [0.15, 0.2) is 16.6 Å². The van der Waals surface area contributed by atoms with Gasteiger partial charge in [-0.15, -0.1) is 0 Å². The molecule has 0 saturated heterocycles. The molecule has 5 atom stereocenters. The summed E-state index contributed by atoms with van der Waals surface area (Å²) in [6, 6.07) is 8.04. The van der Waals surface area contributed by atoms with Gasteiger partial charge in [-0.3, -0.25) is 4.79 Å². The van der Waals surface area contributed by atoms with E-state index in [1.165, 1.54) is 0 Å². The van der Waals surface area contributed by atoms with Crippen LogP contribution in [0.4, 0.5) is 0 Å². The van der Waals surface area contributed by atoms with Crippen molar-refractivity contribution in [2.24, 2.45) is 23.2 Å². The fourth-order valence-corrected chi connectivity index (χ4v) is 9.15. The largest absolute Gasteiger partial charge is 0.497 e. The first kappa shape index (κ1) is 37.2. The lowest BCUT2D eigenvalue weighted by Crippen LogP contribution is -2.47. The Labute approximate surface area is 272 Å². The number of Topliss-reactive ketones (excluding diaryl/α,β-unsaturated/α-hetero) is 1. The molecule has 2 aliphatic carbocycles. The SMILES string of the molecule is COc1ccc(CO[C@H](C/C=C/CO[Si](C)(C)C(C)(C)C)C[C@H]2C(=O)C[C@@H]3C(C)(C)[C@]3(O[Si](C)(C)C(C)(C)C)C[C@H]2C)cc1. The van der Waals surface area contributed by atoms with E-state index in [1.807, 2.05) is 12.1 Å². The molecule has 0 heterocycles. The Morgan fingerprint density at radius 3 is 2.09 bits per heavy atom. The number of carbonyl (C=O) groups excluding carboxylic acids is 1. The van der Waals surface area contributed by atoms with E-state index in [-0.39, 0.29) is 45.0 Å². The summed E-state index contributed by atoms with van der Waals surface area (Å²) in [5.74, 6) is 1.71. The molecule has 2 fully saturated rings. The molecule has 5 nitrogen and oxygen atoms in total. The maximum atomic E-state index is 14.0. The van der Waals surface area contributed by atoms with E-state index in [0.717, 1.165) is 30.6 Å². The second kappa shape index (κ2) is 13.5. The Kier molecular flexibility index (Phi) is 11.4. The minimum Gasteiger partial charge on any atom is -0.497 e. The van der Waals surface area contributed by atoms with Crippen LogP contribution < -0.4 is 4.74 Å². The van der Waals surface area contributed by atoms with Gasteiger partial charge in [0.1, 0.15) is 11.5 Å². The quantitative estimate of drug-likeness (QED) is 0.158. The molecule has 0 aromatic heterocycles. The summed E-state index contributed by atoms with van der Waals surface area (Å²) in [7, 11) is -2.14. The summed E-state index contributed by atoms with van der Waals surface area (Å²) in [5.41, 5.74) is 0.917. The summed E-state index contributed by atoms with van der Waals surface area (Å²) in [6.07, 6.45) is 7.31. The van der Waals surface area contributed by atoms with Gasteiger partial charge < -0.3 is 18.3 Å². The second-order valence-corrected chi connectivity index (χ2v) is 26.8. The lowest BCUT2D eigenvalue weighted by Gasteiger charge is -2.42. The van der Waals surface area contributed by atoms with Crippen molar-refractivity contribution in [2.45, 2.75) is 143 Å². The van der Waals surface area contributed by atoms with E-state index in [0.29, 0.717) is 25.4 Å². The van der Waals surface area contributed by atoms with Gasteiger partial charge in [-0.1, -0.05) is 86.6 Å². The van der Waals surface area contributed by atoms with Crippen molar-refractivity contribution >= 4 is 22.4 Å². The first-order valence-electron chi connectivity index (χ1n) is 16.8. The first-order valence-corrected chi connectivity index (χ1v) is 22.7. The van der Waals surface area contributed by atoms with E-state index in [2.05, 4.69) is 113 Å². The fourth-order valence-electron chi connectivity index (χ4n) is 6.50. The molecular formula is C37H64O5Si2. The average Bonchev–Trinajstić information content (AvgIpc) is 3.36. The standard InChI is InChI=1S/C37H64O5Si2/c1-27-25-37(42-44(13,14)35(5,6)7)33(36(37,8)9)24-32(38)31(27)23-30(40-26-28-18-20-29(39-10)21-19-28)17-15-16-22-41-43(11,12)34(2,3)4/h15-16,18-21,27,30-31,33H,17,22-26H2,1-14H3/b16-15+/t27-,30-,31-,33-,37+/m1/s1. The number of benzene rings is 1. The topological polar surface area (TPSA) is 54.0 Å². The van der Waals surface area contributed by atoms with Crippen LogP contribution in [0.1, 0.15) is 93.6 Å². The van der Waals surface area contributed by atoms with Gasteiger partial charge in [0, 0.05) is 18.3 Å². The van der Waals surface area contributed by atoms with Crippen molar-refractivity contribution in [3.8, 4) is 5.75 Å². The number of hydrogen-bond acceptors (Lipinski definition) is 5. The molecule has 44 heavy (non-hydrogen) atoms. The summed E-state index contributed by atoms with van der Waals surface area (Å²) < 4.78 is 25.5. The minimum absolute atomic E-state index is 0.0224. The molecule has 0 amide bonds. The zero-order chi connectivity index (χ0) is 33.4. The molecule has 3 rings (SSSR count). The Bertz CT molecular complexity index is 1140. The van der Waals surface area contributed by atoms with Gasteiger partial charge in [0.25, 0.3) is 0 Å². The highest BCUT2D eigenvalue weighted by Crippen LogP contribution is 2.71. The van der Waals surface area contributed by atoms with E-state index >= 15 is 0 Å². The molecule has 250 valence electrons. The van der Waals surface area contributed by atoms with Gasteiger partial charge >= 0.3 is 0 Å². The highest BCUT2D eigenvalue weighted by atomic mass is 28.4. The van der Waals surface area contributed by atoms with Crippen LogP contribution in [-0.4, -0.2) is 47.8 Å². The molecule has 1 aromatic carbocycles. The highest BCUT2D eigenvalue weighted by molar-refractivity contribution is 6.74. The van der Waals surface area contributed by atoms with Crippen molar-refractivity contribution in [3.63, 3.8) is 0 Å². The molecule has 0 aliphatic heterocycles. The summed E-state index contributed by atoms with van der Waals surface area (Å²) in [5, 5.41) is 0.312. The van der Waals surface area contributed by atoms with Crippen LogP contribution in [0, 0.1) is 23.2 Å². The lowest BCUT2D eigenvalue weighted by molar-refractivity contribution is -0.126. The predicted molar refractivity (Wildman–Crippen MR) is 188 cm³/mol. The summed E-state index contributed by atoms with van der Waals surface area (Å²) in [4.78, 5) is 14.0. The van der Waals surface area contributed by atoms with Crippen molar-refractivity contribution in [1.29, 1.82) is 0 Å². The maximum absolute atomic E-state index is 14.0. The molecule has 1 aromatic rings. The van der Waals surface area contributed by atoms with Crippen LogP contribution in [0.25, 0.3) is 0 Å². The number of methoxy groups -OCH3 is 1. The summed E-state index contributed by atoms with van der Waals surface area (Å²) >= 11 is 0. The zero-order valence-corrected chi connectivity index (χ0v) is 32.6. The third-order valence-electron chi connectivity index (χ3n) is 11.9. The van der Waals surface area contributed by atoms with E-state index in [1.54, 1.807) is 7.11 Å². The molecule has 0 spiro atoms. The van der Waals surface area contributed by atoms with Gasteiger partial charge in [-0.05, 0) is 84.6 Å². The third kappa shape index (κ3) is 8.17. The van der Waals surface area contributed by atoms with Crippen LogP contribution in [0.2, 0.25) is 36.3 Å². The highest BCUT2D eigenvalue weighted by Gasteiger charge is 2.75. The van der Waals surface area contributed by atoms with Gasteiger partial charge in [-0.25, -0.2) is 0 Å². The van der Waals surface area contributed by atoms with E-state index in [4.69, 9.17) is 18.3 Å². The normalized spacial score (nSPS) is 26.8. The molecule has 0 N–H and O–H groups in total. The van der Waals surface area contributed by atoms with Gasteiger partial charge in [0.2, 0.25) is 0 Å². The number of ether oxygens (including phenoxy) is 2. The van der Waals surface area contributed by atoms with Gasteiger partial charge in [-0.2, -0.15) is 0 Å². The molecule has 7 heteroatoms. The average molecular weight is 645 g/mol. The van der Waals surface area contributed by atoms with Crippen LogP contribution in [-0.2, 0) is 25.0 Å². The minimum atomic E-state index is -2.01. The third-order valence-corrected chi connectivity index (χ3v) is 20.9. The van der Waals surface area contributed by atoms with Crippen LogP contribution in [0.15, 0.2) is 36.4 Å². The number of hydrogen-bond donors (Lipinski definition) is 0. The summed E-state index contributed by atoms with van der Waals surface area (Å²) in [6.45, 7) is 31.1. The zero-order valence-electron chi connectivity index (χ0n) is 30.6. The van der Waals surface area contributed by atoms with Crippen molar-refractivity contribution in [3.05, 3.63) is 42.0 Å². The fraction of sp³-hybridized carbons (Fsp3) is 0.757. The molecule has 2 saturated carbocycles. The maximum Gasteiger partial charge on any atom is 0.192 e. The monoisotopic (exact) mass is 644 g/mol.